The molecule has 19 heavy (non-hydrogen) atoms. The minimum absolute atomic E-state index is 0.332. The van der Waals surface area contributed by atoms with Crippen molar-refractivity contribution in [2.75, 3.05) is 11.9 Å². The van der Waals surface area contributed by atoms with Gasteiger partial charge in [0.05, 0.1) is 0 Å². The molecule has 0 heterocycles. The first-order valence-corrected chi connectivity index (χ1v) is 6.30. The molecule has 4 nitrogen and oxygen atoms in total. The summed E-state index contributed by atoms with van der Waals surface area (Å²) in [5.41, 5.74) is 6.15. The zero-order valence-corrected chi connectivity index (χ0v) is 11.6. The fourth-order valence-electron chi connectivity index (χ4n) is 1.60. The Hall–Kier alpha value is -1.62. The molecule has 106 valence electrons. The maximum absolute atomic E-state index is 13.2. The van der Waals surface area contributed by atoms with Crippen LogP contribution in [0.25, 0.3) is 0 Å². The lowest BCUT2D eigenvalue weighted by molar-refractivity contribution is 0.0635. The van der Waals surface area contributed by atoms with Crippen molar-refractivity contribution in [3.05, 3.63) is 29.6 Å². The van der Waals surface area contributed by atoms with Crippen molar-refractivity contribution in [1.82, 2.24) is 0 Å². The Morgan fingerprint density at radius 1 is 1.42 bits per heavy atom. The highest BCUT2D eigenvalue weighted by Crippen LogP contribution is 2.20. The first kappa shape index (κ1) is 15.4. The van der Waals surface area contributed by atoms with Crippen molar-refractivity contribution in [3.8, 4) is 0 Å². The molecule has 1 rings (SSSR count). The maximum atomic E-state index is 13.2. The van der Waals surface area contributed by atoms with Crippen LogP contribution in [0.5, 0.6) is 0 Å². The van der Waals surface area contributed by atoms with E-state index in [0.29, 0.717) is 18.7 Å². The monoisotopic (exact) mass is 268 g/mol. The first-order valence-electron chi connectivity index (χ1n) is 6.30. The summed E-state index contributed by atoms with van der Waals surface area (Å²) in [5.74, 6) is -0.332. The normalized spacial score (nSPS) is 11.2. The number of carbonyl (C=O) groups excluding carboxylic acids is 1. The van der Waals surface area contributed by atoms with Gasteiger partial charge in [-0.2, -0.15) is 0 Å². The summed E-state index contributed by atoms with van der Waals surface area (Å²) in [5, 5.41) is 2.63. The van der Waals surface area contributed by atoms with Gasteiger partial charge < -0.3 is 10.5 Å². The zero-order chi connectivity index (χ0) is 14.5. The summed E-state index contributed by atoms with van der Waals surface area (Å²) >= 11 is 0. The van der Waals surface area contributed by atoms with Crippen LogP contribution in [-0.4, -0.2) is 18.2 Å². The van der Waals surface area contributed by atoms with Gasteiger partial charge in [0.25, 0.3) is 0 Å². The Balaban J connectivity index is 2.79. The lowest BCUT2D eigenvalue weighted by Crippen LogP contribution is -2.27. The molecule has 0 aliphatic carbocycles. The van der Waals surface area contributed by atoms with Crippen LogP contribution in [0.3, 0.4) is 0 Å². The molecule has 0 unspecified atom stereocenters. The maximum Gasteiger partial charge on any atom is 0.412 e. The van der Waals surface area contributed by atoms with Crippen LogP contribution in [0.4, 0.5) is 14.9 Å². The Bertz CT molecular complexity index is 442. The first-order chi connectivity index (χ1) is 8.81. The third kappa shape index (κ3) is 5.70. The molecule has 1 amide bonds. The number of hydrogen-bond donors (Lipinski definition) is 2. The highest BCUT2D eigenvalue weighted by Gasteiger charge is 2.17. The van der Waals surface area contributed by atoms with Gasteiger partial charge >= 0.3 is 6.09 Å². The van der Waals surface area contributed by atoms with Crippen LogP contribution in [-0.2, 0) is 11.2 Å². The number of anilines is 1. The third-order valence-electron chi connectivity index (χ3n) is 2.35. The van der Waals surface area contributed by atoms with E-state index in [1.165, 1.54) is 18.2 Å². The number of nitrogens with one attached hydrogen (secondary N) is 1. The predicted octanol–water partition coefficient (Wildman–Crippen LogP) is 3.06. The standard InChI is InChI=1S/C14H21FN2O2/c1-14(2,3)19-13(18)17-12-7-6-11(15)9-10(12)5-4-8-16/h6-7,9H,4-5,8,16H2,1-3H3,(H,17,18). The number of halogens is 1. The molecule has 3 N–H and O–H groups in total. The topological polar surface area (TPSA) is 64.3 Å². The molecule has 0 spiro atoms. The van der Waals surface area contributed by atoms with Crippen molar-refractivity contribution >= 4 is 11.8 Å². The molecule has 0 saturated carbocycles. The Morgan fingerprint density at radius 2 is 2.11 bits per heavy atom. The van der Waals surface area contributed by atoms with Crippen molar-refractivity contribution in [3.63, 3.8) is 0 Å². The third-order valence-corrected chi connectivity index (χ3v) is 2.35. The molecule has 0 aliphatic heterocycles. The molecular formula is C14H21FN2O2. The number of hydrogen-bond acceptors (Lipinski definition) is 3. The van der Waals surface area contributed by atoms with Gasteiger partial charge in [-0.3, -0.25) is 5.32 Å². The van der Waals surface area contributed by atoms with E-state index in [-0.39, 0.29) is 5.82 Å². The van der Waals surface area contributed by atoms with Gasteiger partial charge in [-0.15, -0.1) is 0 Å². The lowest BCUT2D eigenvalue weighted by Gasteiger charge is -2.20. The van der Waals surface area contributed by atoms with Crippen molar-refractivity contribution in [2.24, 2.45) is 5.73 Å². The second-order valence-electron chi connectivity index (χ2n) is 5.32. The summed E-state index contributed by atoms with van der Waals surface area (Å²) in [6, 6.07) is 4.24. The fourth-order valence-corrected chi connectivity index (χ4v) is 1.60. The fraction of sp³-hybridized carbons (Fsp3) is 0.500. The predicted molar refractivity (Wildman–Crippen MR) is 73.6 cm³/mol. The highest BCUT2D eigenvalue weighted by molar-refractivity contribution is 5.85. The van der Waals surface area contributed by atoms with E-state index in [1.807, 2.05) is 0 Å². The molecule has 0 saturated heterocycles. The highest BCUT2D eigenvalue weighted by atomic mass is 19.1. The molecule has 1 aromatic carbocycles. The molecular weight excluding hydrogens is 247 g/mol. The molecule has 0 bridgehead atoms. The molecule has 0 aliphatic rings. The van der Waals surface area contributed by atoms with Crippen molar-refractivity contribution in [2.45, 2.75) is 39.2 Å². The van der Waals surface area contributed by atoms with Gasteiger partial charge in [-0.25, -0.2) is 9.18 Å². The van der Waals surface area contributed by atoms with Gasteiger partial charge in [0.1, 0.15) is 11.4 Å². The molecule has 0 radical (unpaired) electrons. The van der Waals surface area contributed by atoms with Crippen LogP contribution < -0.4 is 11.1 Å². The van der Waals surface area contributed by atoms with Gasteiger partial charge in [0.15, 0.2) is 0 Å². The summed E-state index contributed by atoms with van der Waals surface area (Å²) < 4.78 is 18.4. The molecule has 0 fully saturated rings. The minimum atomic E-state index is -0.568. The zero-order valence-electron chi connectivity index (χ0n) is 11.6. The number of nitrogens with two attached hydrogens (primary N) is 1. The Kier molecular flexibility index (Phi) is 5.30. The minimum Gasteiger partial charge on any atom is -0.444 e. The van der Waals surface area contributed by atoms with Crippen LogP contribution in [0.2, 0.25) is 0 Å². The van der Waals surface area contributed by atoms with Crippen LogP contribution in [0.1, 0.15) is 32.8 Å². The summed E-state index contributed by atoms with van der Waals surface area (Å²) in [4.78, 5) is 11.7. The second-order valence-corrected chi connectivity index (χ2v) is 5.32. The smallest absolute Gasteiger partial charge is 0.412 e. The number of ether oxygens (including phenoxy) is 1. The van der Waals surface area contributed by atoms with E-state index in [4.69, 9.17) is 10.5 Å². The summed E-state index contributed by atoms with van der Waals surface area (Å²) in [7, 11) is 0. The van der Waals surface area contributed by atoms with E-state index in [1.54, 1.807) is 20.8 Å². The van der Waals surface area contributed by atoms with E-state index in [9.17, 15) is 9.18 Å². The van der Waals surface area contributed by atoms with Crippen LogP contribution in [0.15, 0.2) is 18.2 Å². The van der Waals surface area contributed by atoms with Crippen molar-refractivity contribution in [1.29, 1.82) is 0 Å². The van der Waals surface area contributed by atoms with Gasteiger partial charge in [0.2, 0.25) is 0 Å². The van der Waals surface area contributed by atoms with Crippen molar-refractivity contribution < 1.29 is 13.9 Å². The Morgan fingerprint density at radius 3 is 2.68 bits per heavy atom. The number of benzene rings is 1. The largest absolute Gasteiger partial charge is 0.444 e. The van der Waals surface area contributed by atoms with E-state index in [0.717, 1.165) is 12.0 Å². The number of carbonyl (C=O) groups is 1. The van der Waals surface area contributed by atoms with Crippen LogP contribution >= 0.6 is 0 Å². The molecule has 1 aromatic rings. The SMILES string of the molecule is CC(C)(C)OC(=O)Nc1ccc(F)cc1CCCN. The average Bonchev–Trinajstić information content (AvgIpc) is 2.27. The van der Waals surface area contributed by atoms with E-state index < -0.39 is 11.7 Å². The Labute approximate surface area is 113 Å². The van der Waals surface area contributed by atoms with E-state index in [2.05, 4.69) is 5.32 Å². The summed E-state index contributed by atoms with van der Waals surface area (Å²) in [6.45, 7) is 5.87. The number of aryl methyl sites for hydroxylation is 1. The quantitative estimate of drug-likeness (QED) is 0.882. The molecule has 5 heteroatoms. The number of amides is 1. The number of rotatable bonds is 4. The van der Waals surface area contributed by atoms with Gasteiger partial charge in [-0.05, 0) is 63.9 Å². The van der Waals surface area contributed by atoms with E-state index >= 15 is 0 Å². The molecule has 0 aromatic heterocycles. The average molecular weight is 268 g/mol. The summed E-state index contributed by atoms with van der Waals surface area (Å²) in [6.07, 6.45) is 0.791. The molecule has 0 atom stereocenters. The van der Waals surface area contributed by atoms with Crippen LogP contribution in [0, 0.1) is 5.82 Å². The second kappa shape index (κ2) is 6.52. The van der Waals surface area contributed by atoms with Gasteiger partial charge in [0, 0.05) is 5.69 Å². The lowest BCUT2D eigenvalue weighted by atomic mass is 10.1. The van der Waals surface area contributed by atoms with Gasteiger partial charge in [-0.1, -0.05) is 0 Å².